The van der Waals surface area contributed by atoms with Crippen molar-refractivity contribution in [2.45, 2.75) is 31.6 Å². The molecule has 8 nitrogen and oxygen atoms in total. The van der Waals surface area contributed by atoms with Crippen molar-refractivity contribution in [1.82, 2.24) is 14.4 Å². The Morgan fingerprint density at radius 2 is 1.83 bits per heavy atom. The van der Waals surface area contributed by atoms with Crippen molar-refractivity contribution in [3.05, 3.63) is 41.3 Å². The highest BCUT2D eigenvalue weighted by Gasteiger charge is 2.34. The van der Waals surface area contributed by atoms with E-state index < -0.39 is 10.0 Å². The molecule has 0 spiro atoms. The number of aryl methyl sites for hydroxylation is 3. The van der Waals surface area contributed by atoms with E-state index in [4.69, 9.17) is 4.52 Å². The monoisotopic (exact) mass is 418 g/mol. The minimum Gasteiger partial charge on any atom is -0.360 e. The van der Waals surface area contributed by atoms with Gasteiger partial charge in [0, 0.05) is 38.4 Å². The summed E-state index contributed by atoms with van der Waals surface area (Å²) in [6.45, 7) is 6.00. The molecule has 0 radical (unpaired) electrons. The van der Waals surface area contributed by atoms with Crippen LogP contribution in [0.2, 0.25) is 0 Å². The molecule has 156 valence electrons. The first-order valence-electron chi connectivity index (χ1n) is 9.91. The van der Waals surface area contributed by atoms with Crippen LogP contribution < -0.4 is 4.90 Å². The van der Waals surface area contributed by atoms with E-state index in [2.05, 4.69) is 11.2 Å². The van der Waals surface area contributed by atoms with E-state index in [1.54, 1.807) is 13.8 Å². The molecular formula is C20H26N4O4S. The molecule has 1 fully saturated rings. The maximum Gasteiger partial charge on any atom is 0.248 e. The maximum atomic E-state index is 12.9. The van der Waals surface area contributed by atoms with Crippen molar-refractivity contribution < 1.29 is 17.7 Å². The summed E-state index contributed by atoms with van der Waals surface area (Å²) >= 11 is 0. The van der Waals surface area contributed by atoms with Gasteiger partial charge in [-0.05, 0) is 38.3 Å². The lowest BCUT2D eigenvalue weighted by Crippen LogP contribution is -2.52. The average Bonchev–Trinajstić information content (AvgIpc) is 3.06. The van der Waals surface area contributed by atoms with Crippen LogP contribution in [0.25, 0.3) is 0 Å². The van der Waals surface area contributed by atoms with Gasteiger partial charge in [0.2, 0.25) is 15.9 Å². The normalized spacial score (nSPS) is 18.6. The van der Waals surface area contributed by atoms with Crippen molar-refractivity contribution in [1.29, 1.82) is 0 Å². The van der Waals surface area contributed by atoms with E-state index in [0.717, 1.165) is 25.1 Å². The molecular weight excluding hydrogens is 392 g/mol. The summed E-state index contributed by atoms with van der Waals surface area (Å²) in [5.74, 6) is 0.378. The van der Waals surface area contributed by atoms with Gasteiger partial charge in [0.05, 0.1) is 6.54 Å². The minimum absolute atomic E-state index is 0.0687. The first-order valence-corrected chi connectivity index (χ1v) is 11.4. The number of aromatic nitrogens is 1. The molecule has 0 unspecified atom stereocenters. The molecule has 9 heteroatoms. The number of hydrogen-bond acceptors (Lipinski definition) is 6. The van der Waals surface area contributed by atoms with Crippen LogP contribution in [-0.2, 0) is 21.2 Å². The topological polar surface area (TPSA) is 87.0 Å². The number of sulfonamides is 1. The Morgan fingerprint density at radius 3 is 2.52 bits per heavy atom. The highest BCUT2D eigenvalue weighted by Crippen LogP contribution is 2.27. The van der Waals surface area contributed by atoms with Gasteiger partial charge in [-0.25, -0.2) is 8.42 Å². The summed E-state index contributed by atoms with van der Waals surface area (Å²) in [4.78, 5) is 17.0. The van der Waals surface area contributed by atoms with Crippen molar-refractivity contribution >= 4 is 21.6 Å². The number of amides is 1. The summed E-state index contributed by atoms with van der Waals surface area (Å²) in [6, 6.07) is 8.04. The number of carbonyl (C=O) groups excluding carboxylic acids is 1. The molecule has 0 saturated carbocycles. The Balaban J connectivity index is 1.39. The number of hydrogen-bond donors (Lipinski definition) is 0. The number of nitrogens with zero attached hydrogens (tertiary/aromatic N) is 4. The molecule has 29 heavy (non-hydrogen) atoms. The molecule has 1 amide bonds. The summed E-state index contributed by atoms with van der Waals surface area (Å²) in [7, 11) is -3.64. The molecule has 2 aromatic rings. The lowest BCUT2D eigenvalue weighted by atomic mass is 10.0. The molecule has 0 bridgehead atoms. The van der Waals surface area contributed by atoms with Crippen LogP contribution in [0.4, 0.5) is 5.69 Å². The number of fused-ring (bicyclic) bond motifs is 1. The first kappa shape index (κ1) is 20.1. The highest BCUT2D eigenvalue weighted by atomic mass is 32.2. The number of rotatable bonds is 4. The number of carbonyl (C=O) groups is 1. The second-order valence-electron chi connectivity index (χ2n) is 7.61. The third kappa shape index (κ3) is 3.82. The van der Waals surface area contributed by atoms with Gasteiger partial charge in [-0.15, -0.1) is 0 Å². The molecule has 1 aromatic carbocycles. The fourth-order valence-electron chi connectivity index (χ4n) is 4.17. The molecule has 1 aromatic heterocycles. The zero-order valence-electron chi connectivity index (χ0n) is 16.8. The van der Waals surface area contributed by atoms with Gasteiger partial charge < -0.3 is 9.42 Å². The lowest BCUT2D eigenvalue weighted by Gasteiger charge is -2.35. The van der Waals surface area contributed by atoms with E-state index in [-0.39, 0.29) is 10.8 Å². The SMILES string of the molecule is Cc1noc(C)c1S(=O)(=O)N1CCN(CC(=O)N2CCCc3ccccc32)CC1. The van der Waals surface area contributed by atoms with Crippen LogP contribution in [0.15, 0.2) is 33.7 Å². The smallest absolute Gasteiger partial charge is 0.248 e. The maximum absolute atomic E-state index is 12.9. The van der Waals surface area contributed by atoms with E-state index in [9.17, 15) is 13.2 Å². The molecule has 4 rings (SSSR count). The predicted octanol–water partition coefficient (Wildman–Crippen LogP) is 1.58. The minimum atomic E-state index is -3.64. The van der Waals surface area contributed by atoms with Crippen molar-refractivity contribution in [2.75, 3.05) is 44.2 Å². The molecule has 0 N–H and O–H groups in total. The van der Waals surface area contributed by atoms with Gasteiger partial charge in [-0.2, -0.15) is 4.31 Å². The van der Waals surface area contributed by atoms with Crippen LogP contribution in [-0.4, -0.2) is 68.0 Å². The molecule has 0 aliphatic carbocycles. The van der Waals surface area contributed by atoms with Gasteiger partial charge in [-0.3, -0.25) is 9.69 Å². The van der Waals surface area contributed by atoms with Crippen molar-refractivity contribution in [2.24, 2.45) is 0 Å². The average molecular weight is 419 g/mol. The third-order valence-electron chi connectivity index (χ3n) is 5.67. The van der Waals surface area contributed by atoms with Crippen LogP contribution in [0.5, 0.6) is 0 Å². The summed E-state index contributed by atoms with van der Waals surface area (Å²) < 4.78 is 32.4. The molecule has 3 heterocycles. The van der Waals surface area contributed by atoms with Gasteiger partial charge in [0.25, 0.3) is 0 Å². The molecule has 2 aliphatic rings. The molecule has 2 aliphatic heterocycles. The number of piperazine rings is 1. The van der Waals surface area contributed by atoms with E-state index in [1.807, 2.05) is 28.0 Å². The summed E-state index contributed by atoms with van der Waals surface area (Å²) in [5, 5.41) is 3.76. The predicted molar refractivity (Wildman–Crippen MR) is 108 cm³/mol. The van der Waals surface area contributed by atoms with Gasteiger partial charge in [0.1, 0.15) is 10.6 Å². The third-order valence-corrected chi connectivity index (χ3v) is 7.81. The zero-order valence-corrected chi connectivity index (χ0v) is 17.6. The standard InChI is InChI=1S/C20H26N4O4S/c1-15-20(16(2)28-21-15)29(26,27)23-12-10-22(11-13-23)14-19(25)24-9-5-7-17-6-3-4-8-18(17)24/h3-4,6,8H,5,7,9-14H2,1-2H3. The Bertz CT molecular complexity index is 990. The van der Waals surface area contributed by atoms with E-state index in [0.29, 0.717) is 44.2 Å². The first-order chi connectivity index (χ1) is 13.9. The summed E-state index contributed by atoms with van der Waals surface area (Å²) in [6.07, 6.45) is 1.96. The largest absolute Gasteiger partial charge is 0.360 e. The Kier molecular flexibility index (Phi) is 5.46. The van der Waals surface area contributed by atoms with Gasteiger partial charge >= 0.3 is 0 Å². The molecule has 0 atom stereocenters. The Morgan fingerprint density at radius 1 is 1.10 bits per heavy atom. The van der Waals surface area contributed by atoms with Crippen LogP contribution in [0.1, 0.15) is 23.4 Å². The lowest BCUT2D eigenvalue weighted by molar-refractivity contribution is -0.120. The highest BCUT2D eigenvalue weighted by molar-refractivity contribution is 7.89. The van der Waals surface area contributed by atoms with E-state index in [1.165, 1.54) is 9.87 Å². The quantitative estimate of drug-likeness (QED) is 0.749. The van der Waals surface area contributed by atoms with E-state index >= 15 is 0 Å². The van der Waals surface area contributed by atoms with Crippen LogP contribution >= 0.6 is 0 Å². The van der Waals surface area contributed by atoms with Crippen LogP contribution in [0.3, 0.4) is 0 Å². The zero-order chi connectivity index (χ0) is 20.6. The second kappa shape index (κ2) is 7.89. The van der Waals surface area contributed by atoms with Crippen molar-refractivity contribution in [3.63, 3.8) is 0 Å². The van der Waals surface area contributed by atoms with Gasteiger partial charge in [0.15, 0.2) is 5.76 Å². The van der Waals surface area contributed by atoms with Crippen LogP contribution in [0, 0.1) is 13.8 Å². The second-order valence-corrected chi connectivity index (χ2v) is 9.49. The Labute approximate surface area is 171 Å². The Hall–Kier alpha value is -2.23. The number of benzene rings is 1. The summed E-state index contributed by atoms with van der Waals surface area (Å²) in [5.41, 5.74) is 2.59. The van der Waals surface area contributed by atoms with Gasteiger partial charge in [-0.1, -0.05) is 23.4 Å². The molecule has 1 saturated heterocycles. The fraction of sp³-hybridized carbons (Fsp3) is 0.500. The fourth-order valence-corrected chi connectivity index (χ4v) is 5.88. The number of para-hydroxylation sites is 1. The number of anilines is 1. The van der Waals surface area contributed by atoms with Crippen molar-refractivity contribution in [3.8, 4) is 0 Å².